The Morgan fingerprint density at radius 3 is 2.38 bits per heavy atom. The number of hydrogen-bond donors (Lipinski definition) is 0. The predicted octanol–water partition coefficient (Wildman–Crippen LogP) is 3.43. The molecule has 2 aromatic carbocycles. The molecule has 8 nitrogen and oxygen atoms in total. The fourth-order valence-electron chi connectivity index (χ4n) is 1.99. The first-order valence-corrected chi connectivity index (χ1v) is 6.86. The number of nitro benzene ring substituents is 1. The van der Waals surface area contributed by atoms with Gasteiger partial charge in [0, 0.05) is 23.8 Å². The maximum Gasteiger partial charge on any atom is 0.269 e. The van der Waals surface area contributed by atoms with Crippen LogP contribution in [0, 0.1) is 20.2 Å². The molecule has 2 rings (SSSR count). The number of non-ortho nitro benzene ring substituents is 1. The van der Waals surface area contributed by atoms with Gasteiger partial charge >= 0.3 is 0 Å². The Balaban J connectivity index is 2.21. The second-order valence-electron chi connectivity index (χ2n) is 4.69. The van der Waals surface area contributed by atoms with E-state index in [4.69, 9.17) is 9.47 Å². The number of benzene rings is 2. The van der Waals surface area contributed by atoms with Crippen LogP contribution in [0.15, 0.2) is 48.7 Å². The number of methoxy groups -OCH3 is 1. The Morgan fingerprint density at radius 1 is 1.08 bits per heavy atom. The van der Waals surface area contributed by atoms with Crippen molar-refractivity contribution in [3.05, 3.63) is 80.0 Å². The molecule has 0 aromatic heterocycles. The summed E-state index contributed by atoms with van der Waals surface area (Å²) in [5.74, 6) is 0.791. The van der Waals surface area contributed by atoms with Crippen LogP contribution in [0.4, 0.5) is 5.69 Å². The molecule has 24 heavy (non-hydrogen) atoms. The quantitative estimate of drug-likeness (QED) is 0.569. The lowest BCUT2D eigenvalue weighted by molar-refractivity contribution is -0.400. The third kappa shape index (κ3) is 4.29. The summed E-state index contributed by atoms with van der Waals surface area (Å²) < 4.78 is 10.9. The van der Waals surface area contributed by atoms with Crippen molar-refractivity contribution in [2.75, 3.05) is 7.11 Å². The van der Waals surface area contributed by atoms with Crippen LogP contribution in [0.25, 0.3) is 6.08 Å². The normalized spacial score (nSPS) is 10.5. The van der Waals surface area contributed by atoms with E-state index in [9.17, 15) is 20.2 Å². The summed E-state index contributed by atoms with van der Waals surface area (Å²) in [5.41, 5.74) is 1.20. The average molecular weight is 330 g/mol. The van der Waals surface area contributed by atoms with Gasteiger partial charge in [0.1, 0.15) is 6.61 Å². The van der Waals surface area contributed by atoms with Gasteiger partial charge in [0.05, 0.1) is 17.0 Å². The number of nitrogens with zero attached hydrogens (tertiary/aromatic N) is 2. The maximum absolute atomic E-state index is 10.6. The molecule has 0 radical (unpaired) electrons. The van der Waals surface area contributed by atoms with Crippen molar-refractivity contribution in [3.8, 4) is 11.5 Å². The second kappa shape index (κ2) is 7.73. The lowest BCUT2D eigenvalue weighted by Crippen LogP contribution is -2.00. The van der Waals surface area contributed by atoms with E-state index in [0.29, 0.717) is 17.1 Å². The topological polar surface area (TPSA) is 105 Å². The van der Waals surface area contributed by atoms with Crippen LogP contribution in [0.3, 0.4) is 0 Å². The van der Waals surface area contributed by atoms with Crippen LogP contribution >= 0.6 is 0 Å². The molecule has 0 atom stereocenters. The first-order valence-electron chi connectivity index (χ1n) is 6.86. The molecule has 0 spiro atoms. The zero-order chi connectivity index (χ0) is 17.5. The Kier molecular flexibility index (Phi) is 5.45. The molecule has 0 fully saturated rings. The summed E-state index contributed by atoms with van der Waals surface area (Å²) in [6.07, 6.45) is 2.13. The molecule has 124 valence electrons. The molecule has 0 saturated heterocycles. The van der Waals surface area contributed by atoms with Gasteiger partial charge in [0.2, 0.25) is 6.20 Å². The van der Waals surface area contributed by atoms with Crippen molar-refractivity contribution < 1.29 is 19.3 Å². The first kappa shape index (κ1) is 16.9. The van der Waals surface area contributed by atoms with Gasteiger partial charge in [-0.15, -0.1) is 0 Å². The van der Waals surface area contributed by atoms with Gasteiger partial charge < -0.3 is 9.47 Å². The van der Waals surface area contributed by atoms with Crippen LogP contribution in [-0.2, 0) is 6.61 Å². The van der Waals surface area contributed by atoms with E-state index < -0.39 is 9.85 Å². The Hall–Kier alpha value is -3.42. The highest BCUT2D eigenvalue weighted by Crippen LogP contribution is 2.32. The summed E-state index contributed by atoms with van der Waals surface area (Å²) in [6, 6.07) is 11.0. The molecule has 8 heteroatoms. The van der Waals surface area contributed by atoms with E-state index >= 15 is 0 Å². The van der Waals surface area contributed by atoms with Gasteiger partial charge in [-0.2, -0.15) is 0 Å². The fourth-order valence-corrected chi connectivity index (χ4v) is 1.99. The molecular formula is C16H14N2O6. The zero-order valence-electron chi connectivity index (χ0n) is 12.7. The minimum atomic E-state index is -0.570. The van der Waals surface area contributed by atoms with E-state index in [1.54, 1.807) is 30.3 Å². The van der Waals surface area contributed by atoms with Gasteiger partial charge in [-0.3, -0.25) is 20.2 Å². The van der Waals surface area contributed by atoms with Crippen LogP contribution < -0.4 is 9.47 Å². The summed E-state index contributed by atoms with van der Waals surface area (Å²) in [4.78, 5) is 20.1. The SMILES string of the molecule is COc1cccc(/C=C\[N+](=O)[O-])c1OCc1ccc([N+](=O)[O-])cc1. The zero-order valence-corrected chi connectivity index (χ0v) is 12.7. The molecule has 0 bridgehead atoms. The fraction of sp³-hybridized carbons (Fsp3) is 0.125. The highest BCUT2D eigenvalue weighted by atomic mass is 16.6. The van der Waals surface area contributed by atoms with Gasteiger partial charge in [-0.25, -0.2) is 0 Å². The molecule has 0 aliphatic carbocycles. The van der Waals surface area contributed by atoms with Gasteiger partial charge in [-0.05, 0) is 23.8 Å². The van der Waals surface area contributed by atoms with Gasteiger partial charge in [-0.1, -0.05) is 12.1 Å². The third-order valence-electron chi connectivity index (χ3n) is 3.14. The van der Waals surface area contributed by atoms with E-state index in [2.05, 4.69) is 0 Å². The Bertz CT molecular complexity index is 771. The van der Waals surface area contributed by atoms with Crippen molar-refractivity contribution in [1.82, 2.24) is 0 Å². The minimum absolute atomic E-state index is 0.00866. The molecule has 0 saturated carbocycles. The standard InChI is InChI=1S/C16H14N2O6/c1-23-15-4-2-3-13(9-10-17(19)20)16(15)24-11-12-5-7-14(8-6-12)18(21)22/h2-10H,11H2,1H3/b10-9-. The van der Waals surface area contributed by atoms with Crippen molar-refractivity contribution in [2.45, 2.75) is 6.61 Å². The number of para-hydroxylation sites is 1. The van der Waals surface area contributed by atoms with Crippen LogP contribution in [-0.4, -0.2) is 17.0 Å². The second-order valence-corrected chi connectivity index (χ2v) is 4.69. The first-order chi connectivity index (χ1) is 11.5. The highest BCUT2D eigenvalue weighted by molar-refractivity contribution is 5.61. The lowest BCUT2D eigenvalue weighted by atomic mass is 10.1. The molecule has 0 heterocycles. The number of hydrogen-bond acceptors (Lipinski definition) is 6. The summed E-state index contributed by atoms with van der Waals surface area (Å²) in [7, 11) is 1.47. The van der Waals surface area contributed by atoms with Crippen molar-refractivity contribution in [2.24, 2.45) is 0 Å². The van der Waals surface area contributed by atoms with Crippen LogP contribution in [0.2, 0.25) is 0 Å². The Morgan fingerprint density at radius 2 is 1.79 bits per heavy atom. The van der Waals surface area contributed by atoms with Crippen LogP contribution in [0.5, 0.6) is 11.5 Å². The van der Waals surface area contributed by atoms with Crippen LogP contribution in [0.1, 0.15) is 11.1 Å². The molecule has 2 aromatic rings. The lowest BCUT2D eigenvalue weighted by Gasteiger charge is -2.13. The minimum Gasteiger partial charge on any atom is -0.493 e. The molecule has 0 amide bonds. The highest BCUT2D eigenvalue weighted by Gasteiger charge is 2.11. The molecule has 0 unspecified atom stereocenters. The monoisotopic (exact) mass is 330 g/mol. The summed E-state index contributed by atoms with van der Waals surface area (Å²) in [5, 5.41) is 21.1. The van der Waals surface area contributed by atoms with E-state index in [1.807, 2.05) is 0 Å². The van der Waals surface area contributed by atoms with Crippen molar-refractivity contribution in [3.63, 3.8) is 0 Å². The van der Waals surface area contributed by atoms with Gasteiger partial charge in [0.15, 0.2) is 11.5 Å². The molecular weight excluding hydrogens is 316 g/mol. The van der Waals surface area contributed by atoms with E-state index in [1.165, 1.54) is 25.3 Å². The molecule has 0 N–H and O–H groups in total. The van der Waals surface area contributed by atoms with Gasteiger partial charge in [0.25, 0.3) is 5.69 Å². The maximum atomic E-state index is 10.6. The molecule has 0 aliphatic heterocycles. The average Bonchev–Trinajstić information content (AvgIpc) is 2.58. The third-order valence-corrected chi connectivity index (χ3v) is 3.14. The number of ether oxygens (including phenoxy) is 2. The number of rotatable bonds is 7. The molecule has 0 aliphatic rings. The summed E-state index contributed by atoms with van der Waals surface area (Å²) in [6.45, 7) is 0.137. The predicted molar refractivity (Wildman–Crippen MR) is 86.5 cm³/mol. The smallest absolute Gasteiger partial charge is 0.269 e. The van der Waals surface area contributed by atoms with E-state index in [-0.39, 0.29) is 12.3 Å². The van der Waals surface area contributed by atoms with Crippen molar-refractivity contribution in [1.29, 1.82) is 0 Å². The number of nitro groups is 2. The van der Waals surface area contributed by atoms with E-state index in [0.717, 1.165) is 11.8 Å². The summed E-state index contributed by atoms with van der Waals surface area (Å²) >= 11 is 0. The Labute approximate surface area is 137 Å². The largest absolute Gasteiger partial charge is 0.493 e. The van der Waals surface area contributed by atoms with Crippen molar-refractivity contribution >= 4 is 11.8 Å².